The standard InChI is InChI=1S/C13H5Cl7/c1-4-10(17)12(19)9(13(20)11(4)18)5-2-7(15)8(16)3-6(5)14/h2-3H,1H3. The van der Waals surface area contributed by atoms with Crippen LogP contribution in [0, 0.1) is 6.92 Å². The largest absolute Gasteiger partial charge is 0.0836 e. The van der Waals surface area contributed by atoms with E-state index in [0.29, 0.717) is 41.8 Å². The summed E-state index contributed by atoms with van der Waals surface area (Å²) >= 11 is 42.9. The molecule has 0 radical (unpaired) electrons. The molecule has 0 fully saturated rings. The van der Waals surface area contributed by atoms with Crippen LogP contribution in [0.1, 0.15) is 5.56 Å². The summed E-state index contributed by atoms with van der Waals surface area (Å²) in [6.45, 7) is 1.72. The molecule has 7 heteroatoms. The first-order valence-corrected chi connectivity index (χ1v) is 7.87. The molecule has 106 valence electrons. The van der Waals surface area contributed by atoms with Crippen LogP contribution >= 0.6 is 81.2 Å². The minimum Gasteiger partial charge on any atom is -0.0836 e. The lowest BCUT2D eigenvalue weighted by molar-refractivity contribution is 1.46. The molecular weight excluding hydrogens is 404 g/mol. The van der Waals surface area contributed by atoms with Crippen LogP contribution in [0.25, 0.3) is 11.1 Å². The quantitative estimate of drug-likeness (QED) is 0.416. The van der Waals surface area contributed by atoms with Crippen LogP contribution in [0.15, 0.2) is 12.1 Å². The summed E-state index contributed by atoms with van der Waals surface area (Å²) in [5.41, 5.74) is 1.54. The molecule has 0 spiro atoms. The van der Waals surface area contributed by atoms with Gasteiger partial charge in [-0.05, 0) is 24.6 Å². The fourth-order valence-corrected chi connectivity index (χ4v) is 3.48. The molecule has 0 amide bonds. The van der Waals surface area contributed by atoms with Crippen LogP contribution in [0.3, 0.4) is 0 Å². The second-order valence-electron chi connectivity index (χ2n) is 4.00. The molecule has 0 atom stereocenters. The van der Waals surface area contributed by atoms with E-state index < -0.39 is 0 Å². The fraction of sp³-hybridized carbons (Fsp3) is 0.0769. The summed E-state index contributed by atoms with van der Waals surface area (Å²) in [4.78, 5) is 0. The molecule has 2 aromatic rings. The third kappa shape index (κ3) is 2.85. The summed E-state index contributed by atoms with van der Waals surface area (Å²) in [5.74, 6) is 0. The molecule has 0 bridgehead atoms. The zero-order valence-electron chi connectivity index (χ0n) is 9.80. The molecule has 0 aromatic heterocycles. The van der Waals surface area contributed by atoms with E-state index in [4.69, 9.17) is 81.2 Å². The van der Waals surface area contributed by atoms with Gasteiger partial charge in [0, 0.05) is 11.1 Å². The van der Waals surface area contributed by atoms with Crippen molar-refractivity contribution in [3.8, 4) is 11.1 Å². The lowest BCUT2D eigenvalue weighted by atomic mass is 10.0. The minimum atomic E-state index is 0.263. The second-order valence-corrected chi connectivity index (χ2v) is 6.74. The average Bonchev–Trinajstić information content (AvgIpc) is 2.40. The Morgan fingerprint density at radius 3 is 1.55 bits per heavy atom. The molecule has 2 rings (SSSR count). The molecule has 20 heavy (non-hydrogen) atoms. The molecule has 0 aliphatic rings. The summed E-state index contributed by atoms with van der Waals surface area (Å²) in [5, 5.41) is 2.16. The van der Waals surface area contributed by atoms with Gasteiger partial charge < -0.3 is 0 Å². The van der Waals surface area contributed by atoms with Crippen molar-refractivity contribution >= 4 is 81.2 Å². The van der Waals surface area contributed by atoms with Crippen molar-refractivity contribution < 1.29 is 0 Å². The number of rotatable bonds is 1. The van der Waals surface area contributed by atoms with E-state index in [9.17, 15) is 0 Å². The first-order valence-electron chi connectivity index (χ1n) is 5.23. The van der Waals surface area contributed by atoms with Crippen molar-refractivity contribution in [3.63, 3.8) is 0 Å². The van der Waals surface area contributed by atoms with Crippen molar-refractivity contribution in [1.29, 1.82) is 0 Å². The molecule has 0 nitrogen and oxygen atoms in total. The Labute approximate surface area is 151 Å². The van der Waals surface area contributed by atoms with Gasteiger partial charge in [0.1, 0.15) is 0 Å². The van der Waals surface area contributed by atoms with Gasteiger partial charge in [-0.2, -0.15) is 0 Å². The first kappa shape index (κ1) is 16.8. The summed E-state index contributed by atoms with van der Waals surface area (Å²) in [7, 11) is 0. The van der Waals surface area contributed by atoms with Gasteiger partial charge in [-0.25, -0.2) is 0 Å². The molecule has 0 N–H and O–H groups in total. The van der Waals surface area contributed by atoms with Crippen molar-refractivity contribution in [3.05, 3.63) is 52.9 Å². The number of benzene rings is 2. The van der Waals surface area contributed by atoms with Gasteiger partial charge in [-0.3, -0.25) is 0 Å². The van der Waals surface area contributed by atoms with Crippen LogP contribution in [0.4, 0.5) is 0 Å². The topological polar surface area (TPSA) is 0 Å². The number of hydrogen-bond acceptors (Lipinski definition) is 0. The van der Waals surface area contributed by atoms with E-state index in [0.717, 1.165) is 0 Å². The monoisotopic (exact) mass is 406 g/mol. The van der Waals surface area contributed by atoms with Crippen LogP contribution < -0.4 is 0 Å². The highest BCUT2D eigenvalue weighted by Crippen LogP contribution is 2.48. The maximum atomic E-state index is 6.26. The summed E-state index contributed by atoms with van der Waals surface area (Å²) in [6.07, 6.45) is 0. The van der Waals surface area contributed by atoms with Gasteiger partial charge >= 0.3 is 0 Å². The molecule has 0 saturated carbocycles. The Hall–Kier alpha value is 0.470. The van der Waals surface area contributed by atoms with Gasteiger partial charge in [-0.15, -0.1) is 0 Å². The Balaban J connectivity index is 2.87. The van der Waals surface area contributed by atoms with Gasteiger partial charge in [-0.1, -0.05) is 81.2 Å². The van der Waals surface area contributed by atoms with E-state index in [1.807, 2.05) is 0 Å². The highest BCUT2D eigenvalue weighted by molar-refractivity contribution is 6.51. The van der Waals surface area contributed by atoms with Crippen LogP contribution in [-0.4, -0.2) is 0 Å². The predicted octanol–water partition coefficient (Wildman–Crippen LogP) is 8.24. The first-order chi connectivity index (χ1) is 9.25. The zero-order valence-corrected chi connectivity index (χ0v) is 15.1. The average molecular weight is 409 g/mol. The molecule has 0 heterocycles. The number of halogens is 7. The van der Waals surface area contributed by atoms with Crippen LogP contribution in [-0.2, 0) is 0 Å². The molecule has 0 saturated heterocycles. The Kier molecular flexibility index (Phi) is 5.30. The maximum absolute atomic E-state index is 6.26. The normalized spacial score (nSPS) is 11.0. The van der Waals surface area contributed by atoms with Crippen molar-refractivity contribution in [2.24, 2.45) is 0 Å². The summed E-state index contributed by atoms with van der Waals surface area (Å²) < 4.78 is 0. The lowest BCUT2D eigenvalue weighted by Crippen LogP contribution is -1.90. The molecule has 0 unspecified atom stereocenters. The molecular formula is C13H5Cl7. The van der Waals surface area contributed by atoms with Crippen molar-refractivity contribution in [2.75, 3.05) is 0 Å². The predicted molar refractivity (Wildman–Crippen MR) is 91.7 cm³/mol. The van der Waals surface area contributed by atoms with Crippen LogP contribution in [0.2, 0.25) is 35.2 Å². The molecule has 2 aromatic carbocycles. The van der Waals surface area contributed by atoms with E-state index in [2.05, 4.69) is 0 Å². The highest BCUT2D eigenvalue weighted by Gasteiger charge is 2.21. The lowest BCUT2D eigenvalue weighted by Gasteiger charge is -2.15. The van der Waals surface area contributed by atoms with Crippen molar-refractivity contribution in [1.82, 2.24) is 0 Å². The van der Waals surface area contributed by atoms with Gasteiger partial charge in [0.25, 0.3) is 0 Å². The van der Waals surface area contributed by atoms with E-state index in [1.54, 1.807) is 13.0 Å². The van der Waals surface area contributed by atoms with Gasteiger partial charge in [0.15, 0.2) is 0 Å². The van der Waals surface area contributed by atoms with Gasteiger partial charge in [0.2, 0.25) is 0 Å². The van der Waals surface area contributed by atoms with E-state index in [1.165, 1.54) is 6.07 Å². The zero-order chi connectivity index (χ0) is 15.2. The minimum absolute atomic E-state index is 0.263. The van der Waals surface area contributed by atoms with Crippen LogP contribution in [0.5, 0.6) is 0 Å². The SMILES string of the molecule is Cc1c(Cl)c(Cl)c(-c2cc(Cl)c(Cl)cc2Cl)c(Cl)c1Cl. The Bertz CT molecular complexity index is 678. The van der Waals surface area contributed by atoms with Crippen molar-refractivity contribution in [2.45, 2.75) is 6.92 Å². The highest BCUT2D eigenvalue weighted by atomic mass is 35.5. The Morgan fingerprint density at radius 1 is 0.600 bits per heavy atom. The maximum Gasteiger partial charge on any atom is 0.0689 e. The third-order valence-corrected chi connectivity index (χ3v) is 5.69. The second kappa shape index (κ2) is 6.30. The molecule has 0 aliphatic carbocycles. The van der Waals surface area contributed by atoms with Gasteiger partial charge in [0.05, 0.1) is 35.2 Å². The fourth-order valence-electron chi connectivity index (χ4n) is 1.69. The smallest absolute Gasteiger partial charge is 0.0689 e. The Morgan fingerprint density at radius 2 is 1.05 bits per heavy atom. The third-order valence-electron chi connectivity index (χ3n) is 2.76. The summed E-state index contributed by atoms with van der Waals surface area (Å²) in [6, 6.07) is 3.08. The van der Waals surface area contributed by atoms with E-state index in [-0.39, 0.29) is 10.0 Å². The number of hydrogen-bond donors (Lipinski definition) is 0. The molecule has 0 aliphatic heterocycles. The van der Waals surface area contributed by atoms with E-state index >= 15 is 0 Å².